The molecule has 1 aromatic carbocycles. The van der Waals surface area contributed by atoms with Crippen molar-refractivity contribution in [2.75, 3.05) is 5.75 Å². The Morgan fingerprint density at radius 3 is 2.33 bits per heavy atom. The average molecular weight is 334 g/mol. The van der Waals surface area contributed by atoms with E-state index in [1.807, 2.05) is 0 Å². The summed E-state index contributed by atoms with van der Waals surface area (Å²) in [5.41, 5.74) is -1.26. The van der Waals surface area contributed by atoms with Gasteiger partial charge >= 0.3 is 6.18 Å². The summed E-state index contributed by atoms with van der Waals surface area (Å²) in [5.74, 6) is -1.71. The minimum Gasteiger partial charge on any atom is -0.292 e. The zero-order valence-electron chi connectivity index (χ0n) is 10.4. The number of carbonyl (C=O) groups is 1. The smallest absolute Gasteiger partial charge is 0.292 e. The Morgan fingerprint density at radius 2 is 1.76 bits per heavy atom. The molecule has 0 aliphatic rings. The number of carbonyl (C=O) groups excluding carboxylic acids is 1. The Bertz CT molecular complexity index is 747. The SMILES string of the molecule is O=C(CS(=O)(=O)c1ccccc1C(F)(F)F)c1cccs1. The minimum absolute atomic E-state index is 0.197. The van der Waals surface area contributed by atoms with Crippen LogP contribution < -0.4 is 0 Å². The summed E-state index contributed by atoms with van der Waals surface area (Å²) in [4.78, 5) is 11.1. The molecule has 0 unspecified atom stereocenters. The number of sulfone groups is 1. The topological polar surface area (TPSA) is 51.2 Å². The molecule has 8 heteroatoms. The third-order valence-corrected chi connectivity index (χ3v) is 5.22. The fourth-order valence-corrected chi connectivity index (χ4v) is 3.95. The van der Waals surface area contributed by atoms with Gasteiger partial charge in [-0.05, 0) is 23.6 Å². The number of hydrogen-bond donors (Lipinski definition) is 0. The van der Waals surface area contributed by atoms with Gasteiger partial charge in [-0.2, -0.15) is 13.2 Å². The molecule has 2 aromatic rings. The van der Waals surface area contributed by atoms with Gasteiger partial charge in [0, 0.05) is 0 Å². The normalized spacial score (nSPS) is 12.3. The summed E-state index contributed by atoms with van der Waals surface area (Å²) in [7, 11) is -4.36. The molecule has 2 rings (SSSR count). The second-order valence-electron chi connectivity index (χ2n) is 4.15. The van der Waals surface area contributed by atoms with Gasteiger partial charge in [-0.15, -0.1) is 11.3 Å². The van der Waals surface area contributed by atoms with E-state index in [-0.39, 0.29) is 4.88 Å². The molecule has 112 valence electrons. The molecule has 0 saturated carbocycles. The fraction of sp³-hybridized carbons (Fsp3) is 0.154. The molecule has 21 heavy (non-hydrogen) atoms. The molecular weight excluding hydrogens is 325 g/mol. The van der Waals surface area contributed by atoms with Gasteiger partial charge in [0.25, 0.3) is 0 Å². The van der Waals surface area contributed by atoms with Crippen LogP contribution in [0.2, 0.25) is 0 Å². The molecule has 0 N–H and O–H groups in total. The first-order chi connectivity index (χ1) is 9.72. The summed E-state index contributed by atoms with van der Waals surface area (Å²) >= 11 is 1.04. The van der Waals surface area contributed by atoms with Gasteiger partial charge in [0.2, 0.25) is 0 Å². The standard InChI is InChI=1S/C13H9F3O3S2/c14-13(15,16)9-4-1-2-6-12(9)21(18,19)8-10(17)11-5-3-7-20-11/h1-7H,8H2. The molecule has 1 heterocycles. The van der Waals surface area contributed by atoms with Crippen LogP contribution in [0.5, 0.6) is 0 Å². The van der Waals surface area contributed by atoms with Crippen LogP contribution in [0.25, 0.3) is 0 Å². The van der Waals surface area contributed by atoms with Crippen LogP contribution >= 0.6 is 11.3 Å². The highest BCUT2D eigenvalue weighted by atomic mass is 32.2. The molecule has 0 amide bonds. The highest BCUT2D eigenvalue weighted by Crippen LogP contribution is 2.34. The Morgan fingerprint density at radius 1 is 1.10 bits per heavy atom. The summed E-state index contributed by atoms with van der Waals surface area (Å²) in [6.45, 7) is 0. The predicted molar refractivity (Wildman–Crippen MR) is 72.1 cm³/mol. The van der Waals surface area contributed by atoms with Crippen LogP contribution in [-0.4, -0.2) is 20.0 Å². The van der Waals surface area contributed by atoms with Crippen LogP contribution in [0.1, 0.15) is 15.2 Å². The lowest BCUT2D eigenvalue weighted by Gasteiger charge is -2.12. The molecule has 0 aliphatic heterocycles. The minimum atomic E-state index is -4.80. The Balaban J connectivity index is 2.39. The van der Waals surface area contributed by atoms with Crippen molar-refractivity contribution in [2.45, 2.75) is 11.1 Å². The van der Waals surface area contributed by atoms with Crippen LogP contribution in [0.15, 0.2) is 46.7 Å². The van der Waals surface area contributed by atoms with Crippen molar-refractivity contribution in [3.63, 3.8) is 0 Å². The van der Waals surface area contributed by atoms with Gasteiger partial charge in [-0.1, -0.05) is 18.2 Å². The van der Waals surface area contributed by atoms with E-state index in [1.165, 1.54) is 12.1 Å². The van der Waals surface area contributed by atoms with E-state index in [0.717, 1.165) is 23.5 Å². The van der Waals surface area contributed by atoms with Crippen molar-refractivity contribution in [2.24, 2.45) is 0 Å². The zero-order valence-corrected chi connectivity index (χ0v) is 12.1. The van der Waals surface area contributed by atoms with Crippen molar-refractivity contribution in [3.8, 4) is 0 Å². The number of benzene rings is 1. The monoisotopic (exact) mass is 334 g/mol. The molecule has 1 aromatic heterocycles. The highest BCUT2D eigenvalue weighted by molar-refractivity contribution is 7.92. The van der Waals surface area contributed by atoms with E-state index in [9.17, 15) is 26.4 Å². The maximum atomic E-state index is 12.8. The number of hydrogen-bond acceptors (Lipinski definition) is 4. The van der Waals surface area contributed by atoms with Crippen LogP contribution in [-0.2, 0) is 16.0 Å². The van der Waals surface area contributed by atoms with E-state index in [1.54, 1.807) is 11.4 Å². The average Bonchev–Trinajstić information content (AvgIpc) is 2.91. The first-order valence-electron chi connectivity index (χ1n) is 5.67. The number of thiophene rings is 1. The van der Waals surface area contributed by atoms with Crippen LogP contribution in [0.3, 0.4) is 0 Å². The van der Waals surface area contributed by atoms with Gasteiger partial charge in [0.15, 0.2) is 15.6 Å². The summed E-state index contributed by atoms with van der Waals surface area (Å²) in [5, 5.41) is 1.59. The van der Waals surface area contributed by atoms with Crippen molar-refractivity contribution in [1.29, 1.82) is 0 Å². The van der Waals surface area contributed by atoms with Crippen LogP contribution in [0.4, 0.5) is 13.2 Å². The lowest BCUT2D eigenvalue weighted by molar-refractivity contribution is -0.139. The summed E-state index contributed by atoms with van der Waals surface area (Å²) in [6.07, 6.45) is -4.80. The molecule has 0 spiro atoms. The maximum Gasteiger partial charge on any atom is 0.417 e. The van der Waals surface area contributed by atoms with Gasteiger partial charge in [-0.3, -0.25) is 4.79 Å². The van der Waals surface area contributed by atoms with Gasteiger partial charge in [-0.25, -0.2) is 8.42 Å². The molecule has 0 fully saturated rings. The largest absolute Gasteiger partial charge is 0.417 e. The van der Waals surface area contributed by atoms with E-state index < -0.39 is 38.0 Å². The molecule has 0 saturated heterocycles. The highest BCUT2D eigenvalue weighted by Gasteiger charge is 2.37. The Hall–Kier alpha value is -1.67. The van der Waals surface area contributed by atoms with Crippen molar-refractivity contribution in [3.05, 3.63) is 52.2 Å². The van der Waals surface area contributed by atoms with E-state index in [0.29, 0.717) is 6.07 Å². The third-order valence-electron chi connectivity index (χ3n) is 2.64. The first-order valence-corrected chi connectivity index (χ1v) is 8.21. The van der Waals surface area contributed by atoms with Gasteiger partial charge in [0.05, 0.1) is 15.3 Å². The number of ketones is 1. The lowest BCUT2D eigenvalue weighted by Crippen LogP contribution is -2.19. The Labute approximate surface area is 123 Å². The van der Waals surface area contributed by atoms with Gasteiger partial charge in [0.1, 0.15) is 5.75 Å². The molecular formula is C13H9F3O3S2. The van der Waals surface area contributed by atoms with E-state index >= 15 is 0 Å². The number of Topliss-reactive ketones (excluding diaryl/α,β-unsaturated/α-hetero) is 1. The summed E-state index contributed by atoms with van der Waals surface area (Å²) < 4.78 is 62.7. The molecule has 0 bridgehead atoms. The molecule has 0 atom stereocenters. The van der Waals surface area contributed by atoms with Crippen molar-refractivity contribution >= 4 is 27.0 Å². The number of halogens is 3. The van der Waals surface area contributed by atoms with Crippen LogP contribution in [0, 0.1) is 0 Å². The molecule has 3 nitrogen and oxygen atoms in total. The lowest BCUT2D eigenvalue weighted by atomic mass is 10.2. The quantitative estimate of drug-likeness (QED) is 0.805. The molecule has 0 radical (unpaired) electrons. The maximum absolute atomic E-state index is 12.8. The number of rotatable bonds is 4. The Kier molecular flexibility index (Phi) is 4.20. The first kappa shape index (κ1) is 15.7. The van der Waals surface area contributed by atoms with E-state index in [4.69, 9.17) is 0 Å². The van der Waals surface area contributed by atoms with Gasteiger partial charge < -0.3 is 0 Å². The second-order valence-corrected chi connectivity index (χ2v) is 7.06. The van der Waals surface area contributed by atoms with Crippen molar-refractivity contribution < 1.29 is 26.4 Å². The van der Waals surface area contributed by atoms with Crippen molar-refractivity contribution in [1.82, 2.24) is 0 Å². The molecule has 0 aliphatic carbocycles. The zero-order chi connectivity index (χ0) is 15.7. The summed E-state index contributed by atoms with van der Waals surface area (Å²) in [6, 6.07) is 6.83. The second kappa shape index (κ2) is 5.61. The third kappa shape index (κ3) is 3.51. The van der Waals surface area contributed by atoms with E-state index in [2.05, 4.69) is 0 Å². The number of alkyl halides is 3. The fourth-order valence-electron chi connectivity index (χ4n) is 1.73. The predicted octanol–water partition coefficient (Wildman–Crippen LogP) is 3.42.